The molecule has 2 aromatic rings. The highest BCUT2D eigenvalue weighted by Crippen LogP contribution is 2.32. The van der Waals surface area contributed by atoms with Gasteiger partial charge >= 0.3 is 6.09 Å². The largest absolute Gasteiger partial charge is 0.451 e. The first-order valence-corrected chi connectivity index (χ1v) is 12.2. The van der Waals surface area contributed by atoms with Crippen LogP contribution < -0.4 is 10.2 Å². The number of benzene rings is 2. The van der Waals surface area contributed by atoms with Crippen LogP contribution in [0.3, 0.4) is 0 Å². The first-order valence-electron chi connectivity index (χ1n) is 10.4. The van der Waals surface area contributed by atoms with E-state index in [0.29, 0.717) is 21.5 Å². The van der Waals surface area contributed by atoms with E-state index in [-0.39, 0.29) is 25.5 Å². The third kappa shape index (κ3) is 6.20. The average Bonchev–Trinajstić information content (AvgIpc) is 2.86. The highest BCUT2D eigenvalue weighted by Gasteiger charge is 2.42. The zero-order valence-corrected chi connectivity index (χ0v) is 20.4. The van der Waals surface area contributed by atoms with Gasteiger partial charge in [-0.15, -0.1) is 0 Å². The molecule has 1 aliphatic heterocycles. The molecule has 2 amide bonds. The molecule has 15 heteroatoms. The van der Waals surface area contributed by atoms with Gasteiger partial charge in [-0.2, -0.15) is 4.31 Å². The van der Waals surface area contributed by atoms with Crippen LogP contribution in [0.5, 0.6) is 11.5 Å². The number of nitrogens with one attached hydrogen (secondary N) is 1. The zero-order chi connectivity index (χ0) is 26.5. The Morgan fingerprint density at radius 3 is 2.36 bits per heavy atom. The van der Waals surface area contributed by atoms with Crippen molar-refractivity contribution in [3.8, 4) is 11.5 Å². The van der Waals surface area contributed by atoms with Gasteiger partial charge in [0.1, 0.15) is 18.4 Å². The number of rotatable bonds is 8. The number of hydroxylamine groups is 1. The first-order chi connectivity index (χ1) is 17.1. The van der Waals surface area contributed by atoms with Crippen LogP contribution in [0.25, 0.3) is 0 Å². The van der Waals surface area contributed by atoms with E-state index >= 15 is 0 Å². The normalized spacial score (nSPS) is 16.5. The molecule has 1 aliphatic rings. The van der Waals surface area contributed by atoms with Gasteiger partial charge in [0.2, 0.25) is 10.0 Å². The van der Waals surface area contributed by atoms with Gasteiger partial charge in [0.05, 0.1) is 11.5 Å². The molecule has 196 valence electrons. The molecule has 0 spiro atoms. The van der Waals surface area contributed by atoms with Gasteiger partial charge in [-0.3, -0.25) is 10.0 Å². The fraction of sp³-hybridized carbons (Fsp3) is 0.333. The quantitative estimate of drug-likeness (QED) is 0.291. The Morgan fingerprint density at radius 2 is 1.78 bits per heavy atom. The molecule has 2 N–H and O–H groups in total. The Morgan fingerprint density at radius 1 is 1.14 bits per heavy atom. The van der Waals surface area contributed by atoms with Crippen LogP contribution in [0.15, 0.2) is 41.3 Å². The molecule has 1 unspecified atom stereocenters. The van der Waals surface area contributed by atoms with E-state index in [1.54, 1.807) is 0 Å². The maximum atomic E-state index is 14.7. The van der Waals surface area contributed by atoms with Crippen LogP contribution >= 0.6 is 11.6 Å². The van der Waals surface area contributed by atoms with Crippen molar-refractivity contribution in [1.82, 2.24) is 14.7 Å². The van der Waals surface area contributed by atoms with Crippen molar-refractivity contribution in [2.24, 2.45) is 0 Å². The second kappa shape index (κ2) is 11.8. The third-order valence-electron chi connectivity index (χ3n) is 5.13. The lowest BCUT2D eigenvalue weighted by molar-refractivity contribution is -0.134. The molecule has 0 aromatic heterocycles. The second-order valence-electron chi connectivity index (χ2n) is 7.43. The lowest BCUT2D eigenvalue weighted by atomic mass is 10.2. The van der Waals surface area contributed by atoms with Crippen molar-refractivity contribution in [3.05, 3.63) is 53.1 Å². The zero-order valence-electron chi connectivity index (χ0n) is 18.8. The summed E-state index contributed by atoms with van der Waals surface area (Å²) in [5.41, 5.74) is 1.34. The minimum absolute atomic E-state index is 0.0565. The van der Waals surface area contributed by atoms with Crippen LogP contribution in [0.2, 0.25) is 5.02 Å². The summed E-state index contributed by atoms with van der Waals surface area (Å²) >= 11 is 5.77. The highest BCUT2D eigenvalue weighted by atomic mass is 35.5. The number of carbonyl (C=O) groups is 2. The molecule has 1 fully saturated rings. The fourth-order valence-corrected chi connectivity index (χ4v) is 5.07. The minimum atomic E-state index is -4.67. The summed E-state index contributed by atoms with van der Waals surface area (Å²) in [7, 11) is -3.26. The number of piperazine rings is 1. The van der Waals surface area contributed by atoms with Crippen LogP contribution in [0.1, 0.15) is 0 Å². The Labute approximate surface area is 210 Å². The number of sulfonamides is 1. The van der Waals surface area contributed by atoms with Crippen molar-refractivity contribution in [2.45, 2.75) is 10.9 Å². The predicted molar refractivity (Wildman–Crippen MR) is 120 cm³/mol. The van der Waals surface area contributed by atoms with Crippen molar-refractivity contribution in [2.75, 3.05) is 40.0 Å². The number of ether oxygens (including phenoxy) is 3. The molecular formula is C21H22ClF2N3O8S. The van der Waals surface area contributed by atoms with E-state index in [2.05, 4.69) is 0 Å². The van der Waals surface area contributed by atoms with Gasteiger partial charge in [0, 0.05) is 31.8 Å². The number of hydrogen-bond donors (Lipinski definition) is 2. The summed E-state index contributed by atoms with van der Waals surface area (Å²) in [5, 5.41) is 9.47. The van der Waals surface area contributed by atoms with Gasteiger partial charge < -0.3 is 19.1 Å². The highest BCUT2D eigenvalue weighted by molar-refractivity contribution is 7.89. The second-order valence-corrected chi connectivity index (χ2v) is 9.76. The summed E-state index contributed by atoms with van der Waals surface area (Å²) in [5.74, 6) is -4.57. The maximum absolute atomic E-state index is 14.7. The Kier molecular flexibility index (Phi) is 9.03. The van der Waals surface area contributed by atoms with E-state index in [1.807, 2.05) is 0 Å². The van der Waals surface area contributed by atoms with Gasteiger partial charge in [0.25, 0.3) is 5.91 Å². The smallest absolute Gasteiger partial charge is 0.409 e. The number of carbonyl (C=O) groups excluding carboxylic acids is 2. The predicted octanol–water partition coefficient (Wildman–Crippen LogP) is 2.37. The molecule has 36 heavy (non-hydrogen) atoms. The van der Waals surface area contributed by atoms with Crippen LogP contribution in [0, 0.1) is 11.6 Å². The van der Waals surface area contributed by atoms with E-state index < -0.39 is 63.4 Å². The van der Waals surface area contributed by atoms with Gasteiger partial charge in [0.15, 0.2) is 17.4 Å². The molecule has 1 atom stereocenters. The lowest BCUT2D eigenvalue weighted by Gasteiger charge is -2.38. The molecule has 11 nitrogen and oxygen atoms in total. The fourth-order valence-electron chi connectivity index (χ4n) is 3.35. The number of halogens is 3. The monoisotopic (exact) mass is 549 g/mol. The molecule has 0 saturated carbocycles. The van der Waals surface area contributed by atoms with E-state index in [0.717, 1.165) is 4.90 Å². The number of nitrogens with zero attached hydrogens (tertiary/aromatic N) is 2. The van der Waals surface area contributed by atoms with E-state index in [1.165, 1.54) is 36.9 Å². The molecule has 0 radical (unpaired) electrons. The minimum Gasteiger partial charge on any atom is -0.451 e. The molecular weight excluding hydrogens is 528 g/mol. The molecule has 2 aromatic carbocycles. The Balaban J connectivity index is 1.85. The van der Waals surface area contributed by atoms with Crippen molar-refractivity contribution < 1.29 is 46.2 Å². The van der Waals surface area contributed by atoms with Crippen LogP contribution in [-0.4, -0.2) is 80.8 Å². The van der Waals surface area contributed by atoms with Crippen molar-refractivity contribution in [1.29, 1.82) is 0 Å². The molecule has 1 heterocycles. The number of amides is 2. The average molecular weight is 550 g/mol. The maximum Gasteiger partial charge on any atom is 0.409 e. The van der Waals surface area contributed by atoms with Gasteiger partial charge in [-0.05, 0) is 36.4 Å². The van der Waals surface area contributed by atoms with Crippen LogP contribution in [0.4, 0.5) is 13.6 Å². The molecule has 1 saturated heterocycles. The third-order valence-corrected chi connectivity index (χ3v) is 7.27. The Hall–Kier alpha value is -3.04. The lowest BCUT2D eigenvalue weighted by Crippen LogP contribution is -2.61. The SMILES string of the molecule is COCCOC(=O)N1CCN(S(=O)(=O)c2cc(F)c(Oc3ccc(Cl)cc3)c(F)c2)C(C(=O)NO)C1. The topological polar surface area (TPSA) is 135 Å². The first kappa shape index (κ1) is 27.5. The van der Waals surface area contributed by atoms with Gasteiger partial charge in [-0.25, -0.2) is 27.5 Å². The number of methoxy groups -OCH3 is 1. The summed E-state index contributed by atoms with van der Waals surface area (Å²) < 4.78 is 71.5. The molecule has 0 aliphatic carbocycles. The summed E-state index contributed by atoms with van der Waals surface area (Å²) in [6, 6.07) is 5.08. The summed E-state index contributed by atoms with van der Waals surface area (Å²) in [6.07, 6.45) is -0.833. The van der Waals surface area contributed by atoms with E-state index in [4.69, 9.17) is 31.0 Å². The summed E-state index contributed by atoms with van der Waals surface area (Å²) in [6.45, 7) is -1.06. The summed E-state index contributed by atoms with van der Waals surface area (Å²) in [4.78, 5) is 24.7. The standard InChI is InChI=1S/C21H22ClF2N3O8S/c1-33-8-9-34-21(29)26-6-7-27(18(12-26)20(28)25-30)36(31,32)15-10-16(23)19(17(24)11-15)35-14-4-2-13(22)3-5-14/h2-5,10-11,18,30H,6-9,12H2,1H3,(H,25,28). The van der Waals surface area contributed by atoms with E-state index in [9.17, 15) is 26.8 Å². The molecule has 0 bridgehead atoms. The van der Waals surface area contributed by atoms with Crippen molar-refractivity contribution >= 4 is 33.6 Å². The van der Waals surface area contributed by atoms with Gasteiger partial charge in [-0.1, -0.05) is 11.6 Å². The Bertz CT molecular complexity index is 1190. The number of hydrogen-bond acceptors (Lipinski definition) is 8. The van der Waals surface area contributed by atoms with Crippen LogP contribution in [-0.2, 0) is 24.3 Å². The molecule has 3 rings (SSSR count). The van der Waals surface area contributed by atoms with Crippen molar-refractivity contribution in [3.63, 3.8) is 0 Å².